The number of rotatable bonds is 3. The lowest BCUT2D eigenvalue weighted by atomic mass is 10.2. The van der Waals surface area contributed by atoms with Crippen molar-refractivity contribution in [2.75, 3.05) is 4.67 Å². The zero-order valence-electron chi connectivity index (χ0n) is 14.8. The Bertz CT molecular complexity index is 1090. The van der Waals surface area contributed by atoms with E-state index in [9.17, 15) is 19.5 Å². The molecule has 0 spiro atoms. The third kappa shape index (κ3) is 3.63. The van der Waals surface area contributed by atoms with Gasteiger partial charge in [0.1, 0.15) is 11.6 Å². The van der Waals surface area contributed by atoms with Crippen LogP contribution in [0.1, 0.15) is 17.0 Å². The Kier molecular flexibility index (Phi) is 5.32. The van der Waals surface area contributed by atoms with Gasteiger partial charge in [-0.2, -0.15) is 0 Å². The third-order valence-corrected chi connectivity index (χ3v) is 7.56. The quantitative estimate of drug-likeness (QED) is 0.542. The molecule has 2 N–H and O–H groups in total. The number of phenolic OH excluding ortho intramolecular Hbond substituents is 1. The molecule has 0 fully saturated rings. The van der Waals surface area contributed by atoms with Gasteiger partial charge in [0.2, 0.25) is 5.85 Å². The molecule has 3 aromatic carbocycles. The summed E-state index contributed by atoms with van der Waals surface area (Å²) < 4.78 is 20.8. The lowest BCUT2D eigenvalue weighted by molar-refractivity contribution is -0.196. The number of para-hydroxylation sites is 1. The van der Waals surface area contributed by atoms with Crippen molar-refractivity contribution in [2.24, 2.45) is 0 Å². The monoisotopic (exact) mass is 453 g/mol. The maximum atomic E-state index is 14.0. The summed E-state index contributed by atoms with van der Waals surface area (Å²) in [4.78, 5) is 14.0. The van der Waals surface area contributed by atoms with Crippen LogP contribution in [0.25, 0.3) is 0 Å². The minimum absolute atomic E-state index is 0.00433. The van der Waals surface area contributed by atoms with Crippen LogP contribution in [0.5, 0.6) is 11.5 Å². The van der Waals surface area contributed by atoms with Crippen LogP contribution in [0, 0.1) is 5.82 Å². The molecule has 0 saturated heterocycles. The molecule has 1 aliphatic heterocycles. The summed E-state index contributed by atoms with van der Waals surface area (Å²) in [6.07, 6.45) is 0. The van der Waals surface area contributed by atoms with Crippen LogP contribution in [-0.2, 0) is 6.54 Å². The molecule has 0 saturated carbocycles. The van der Waals surface area contributed by atoms with E-state index in [2.05, 4.69) is 0 Å². The number of aliphatic hydroxyl groups excluding tert-OH is 1. The van der Waals surface area contributed by atoms with Crippen molar-refractivity contribution in [3.05, 3.63) is 87.7 Å². The topological polar surface area (TPSA) is 76.0 Å². The van der Waals surface area contributed by atoms with Crippen molar-refractivity contribution in [2.45, 2.75) is 12.4 Å². The highest BCUT2D eigenvalue weighted by atomic mass is 35.5. The Morgan fingerprint density at radius 1 is 1.10 bits per heavy atom. The van der Waals surface area contributed by atoms with Gasteiger partial charge in [-0.05, 0) is 42.5 Å². The first kappa shape index (κ1) is 20.2. The van der Waals surface area contributed by atoms with Crippen molar-refractivity contribution in [3.8, 4) is 11.5 Å². The van der Waals surface area contributed by atoms with E-state index in [0.717, 1.165) is 11.6 Å². The standard InChI is InChI=1S/C20H15Cl2FNO4P/c21-13-5-7-15(18(25)9-13)20(26)29(27)24(14-6-8-17(23)16(22)10-14)11-12-3-1-2-4-19(12)28-29/h1-10,20,25-26H,11H2. The van der Waals surface area contributed by atoms with Gasteiger partial charge >= 0.3 is 0 Å². The summed E-state index contributed by atoms with van der Waals surface area (Å²) in [6.45, 7) is 0.126. The highest BCUT2D eigenvalue weighted by molar-refractivity contribution is 7.66. The predicted molar refractivity (Wildman–Crippen MR) is 110 cm³/mol. The van der Waals surface area contributed by atoms with Crippen LogP contribution in [0.4, 0.5) is 10.1 Å². The van der Waals surface area contributed by atoms with Crippen LogP contribution < -0.4 is 14.1 Å². The van der Waals surface area contributed by atoms with Gasteiger partial charge in [-0.25, -0.2) is 9.06 Å². The number of aliphatic hydroxyl groups is 1. The highest BCUT2D eigenvalue weighted by Crippen LogP contribution is 2.69. The molecule has 2 atom stereocenters. The summed E-state index contributed by atoms with van der Waals surface area (Å²) in [5.41, 5.74) is 1.03. The summed E-state index contributed by atoms with van der Waals surface area (Å²) in [5.74, 6) is -2.29. The normalized spacial score (nSPS) is 19.4. The Morgan fingerprint density at radius 3 is 2.59 bits per heavy atom. The summed E-state index contributed by atoms with van der Waals surface area (Å²) in [7, 11) is -4.06. The Balaban J connectivity index is 1.85. The average molecular weight is 454 g/mol. The Morgan fingerprint density at radius 2 is 1.86 bits per heavy atom. The molecule has 4 rings (SSSR count). The van der Waals surface area contributed by atoms with Crippen LogP contribution in [0.2, 0.25) is 10.0 Å². The van der Waals surface area contributed by atoms with E-state index in [1.54, 1.807) is 24.3 Å². The van der Waals surface area contributed by atoms with Crippen molar-refractivity contribution in [3.63, 3.8) is 0 Å². The van der Waals surface area contributed by atoms with Crippen LogP contribution in [0.15, 0.2) is 60.7 Å². The second-order valence-corrected chi connectivity index (χ2v) is 9.62. The second-order valence-electron chi connectivity index (χ2n) is 6.50. The van der Waals surface area contributed by atoms with E-state index in [1.807, 2.05) is 0 Å². The number of fused-ring (bicyclic) bond motifs is 1. The number of benzene rings is 3. The summed E-state index contributed by atoms with van der Waals surface area (Å²) in [5, 5.41) is 21.3. The zero-order valence-corrected chi connectivity index (χ0v) is 17.2. The van der Waals surface area contributed by atoms with E-state index < -0.39 is 19.5 Å². The molecule has 0 amide bonds. The first-order chi connectivity index (χ1) is 13.8. The lowest BCUT2D eigenvalue weighted by Gasteiger charge is -2.44. The number of hydrogen-bond acceptors (Lipinski definition) is 5. The van der Waals surface area contributed by atoms with Crippen LogP contribution in [0.3, 0.4) is 0 Å². The van der Waals surface area contributed by atoms with E-state index in [0.29, 0.717) is 11.4 Å². The van der Waals surface area contributed by atoms with Crippen molar-refractivity contribution < 1.29 is 24.0 Å². The molecule has 0 aromatic heterocycles. The molecule has 29 heavy (non-hydrogen) atoms. The largest absolute Gasteiger partial charge is 0.627 e. The molecule has 2 unspecified atom stereocenters. The van der Waals surface area contributed by atoms with Crippen molar-refractivity contribution in [1.82, 2.24) is 0 Å². The Hall–Kier alpha value is -2.08. The molecule has 1 heterocycles. The molecule has 0 radical (unpaired) electrons. The number of aromatic hydroxyl groups is 1. The number of nitrogens with zero attached hydrogens (tertiary/aromatic N) is 1. The fourth-order valence-corrected chi connectivity index (χ4v) is 5.79. The van der Waals surface area contributed by atoms with Gasteiger partial charge in [0.05, 0.1) is 22.8 Å². The number of halogens is 3. The average Bonchev–Trinajstić information content (AvgIpc) is 2.69. The predicted octanol–water partition coefficient (Wildman–Crippen LogP) is 5.05. The molecule has 0 bridgehead atoms. The highest BCUT2D eigenvalue weighted by Gasteiger charge is 2.51. The molecule has 0 aliphatic carbocycles. The minimum Gasteiger partial charge on any atom is -0.627 e. The summed E-state index contributed by atoms with van der Waals surface area (Å²) >= 11 is 11.8. The first-order valence-electron chi connectivity index (χ1n) is 8.56. The fraction of sp³-hybridized carbons (Fsp3) is 0.100. The second kappa shape index (κ2) is 7.63. The van der Waals surface area contributed by atoms with Gasteiger partial charge in [-0.3, -0.25) is 0 Å². The van der Waals surface area contributed by atoms with E-state index in [1.165, 1.54) is 35.0 Å². The lowest BCUT2D eigenvalue weighted by Crippen LogP contribution is -2.40. The van der Waals surface area contributed by atoms with E-state index >= 15 is 0 Å². The van der Waals surface area contributed by atoms with Gasteiger partial charge in [0.15, 0.2) is 5.75 Å². The van der Waals surface area contributed by atoms with Gasteiger partial charge in [0, 0.05) is 10.6 Å². The number of anilines is 1. The van der Waals surface area contributed by atoms with Crippen LogP contribution >= 0.6 is 31.1 Å². The zero-order chi connectivity index (χ0) is 20.8. The number of hydrogen-bond donors (Lipinski definition) is 2. The van der Waals surface area contributed by atoms with E-state index in [4.69, 9.17) is 27.7 Å². The maximum absolute atomic E-state index is 14.0. The minimum atomic E-state index is -4.06. The third-order valence-electron chi connectivity index (χ3n) is 4.64. The molecule has 150 valence electrons. The molecule has 3 aromatic rings. The molecular formula is C20H15Cl2FNO4P. The molecule has 5 nitrogen and oxygen atoms in total. The first-order valence-corrected chi connectivity index (χ1v) is 11.0. The number of phenols is 1. The van der Waals surface area contributed by atoms with Gasteiger partial charge < -0.3 is 19.6 Å². The molecule has 1 aliphatic rings. The van der Waals surface area contributed by atoms with Crippen molar-refractivity contribution >= 4 is 36.8 Å². The SMILES string of the molecule is [O-][P+]1(C(O)c2ccc(Cl)cc2O)Oc2ccccc2CN1c1ccc(F)c(Cl)c1. The smallest absolute Gasteiger partial charge is 0.280 e. The molecule has 9 heteroatoms. The van der Waals surface area contributed by atoms with Gasteiger partial charge in [-0.1, -0.05) is 41.4 Å². The van der Waals surface area contributed by atoms with E-state index in [-0.39, 0.29) is 27.9 Å². The van der Waals surface area contributed by atoms with Gasteiger partial charge in [0.25, 0.3) is 7.87 Å². The van der Waals surface area contributed by atoms with Gasteiger partial charge in [-0.15, -0.1) is 0 Å². The van der Waals surface area contributed by atoms with Crippen molar-refractivity contribution in [1.29, 1.82) is 0 Å². The fourth-order valence-electron chi connectivity index (χ4n) is 3.16. The Labute approximate surface area is 177 Å². The maximum Gasteiger partial charge on any atom is 0.280 e. The van der Waals surface area contributed by atoms with Crippen LogP contribution in [-0.4, -0.2) is 10.2 Å². The summed E-state index contributed by atoms with van der Waals surface area (Å²) in [6, 6.07) is 14.9. The molecular weight excluding hydrogens is 439 g/mol.